The van der Waals surface area contributed by atoms with Crippen LogP contribution in [0.4, 0.5) is 5.69 Å². The molecule has 0 amide bonds. The quantitative estimate of drug-likeness (QED) is 0.901. The van der Waals surface area contributed by atoms with Gasteiger partial charge >= 0.3 is 0 Å². The molecule has 0 aliphatic carbocycles. The molecule has 116 valence electrons. The second-order valence-corrected chi connectivity index (χ2v) is 7.66. The van der Waals surface area contributed by atoms with E-state index in [0.717, 1.165) is 12.8 Å². The van der Waals surface area contributed by atoms with E-state index in [1.54, 1.807) is 23.5 Å². The van der Waals surface area contributed by atoms with Gasteiger partial charge in [0.15, 0.2) is 5.03 Å². The predicted octanol–water partition coefficient (Wildman–Crippen LogP) is 0.981. The number of nitrogens with zero attached hydrogens (tertiary/aromatic N) is 3. The van der Waals surface area contributed by atoms with Crippen LogP contribution < -0.4 is 5.32 Å². The number of pyridine rings is 1. The molecule has 0 spiro atoms. The van der Waals surface area contributed by atoms with Crippen LogP contribution in [0.1, 0.15) is 19.3 Å². The number of fused-ring (bicyclic) bond motifs is 2. The molecule has 2 unspecified atom stereocenters. The molecule has 3 heterocycles. The predicted molar refractivity (Wildman–Crippen MR) is 81.7 cm³/mol. The molecular formula is C14H22N4O2S. The number of rotatable bonds is 3. The first-order chi connectivity index (χ1) is 10.0. The fourth-order valence-electron chi connectivity index (χ4n) is 3.40. The van der Waals surface area contributed by atoms with Crippen molar-refractivity contribution in [3.8, 4) is 0 Å². The Kier molecular flexibility index (Phi) is 3.90. The van der Waals surface area contributed by atoms with E-state index in [1.807, 2.05) is 0 Å². The minimum atomic E-state index is -3.54. The summed E-state index contributed by atoms with van der Waals surface area (Å²) in [6.45, 7) is 1.14. The molecule has 21 heavy (non-hydrogen) atoms. The molecule has 1 aromatic heterocycles. The Balaban J connectivity index is 1.92. The Bertz CT molecular complexity index is 619. The van der Waals surface area contributed by atoms with Gasteiger partial charge in [-0.25, -0.2) is 13.4 Å². The van der Waals surface area contributed by atoms with Crippen LogP contribution in [0.3, 0.4) is 0 Å². The molecule has 0 radical (unpaired) electrons. The lowest BCUT2D eigenvalue weighted by Gasteiger charge is -2.25. The Morgan fingerprint density at radius 3 is 2.81 bits per heavy atom. The van der Waals surface area contributed by atoms with Crippen LogP contribution in [-0.2, 0) is 10.0 Å². The Morgan fingerprint density at radius 1 is 1.29 bits per heavy atom. The van der Waals surface area contributed by atoms with E-state index in [-0.39, 0.29) is 5.03 Å². The normalized spacial score (nSPS) is 27.5. The fraction of sp³-hybridized carbons (Fsp3) is 0.643. The van der Waals surface area contributed by atoms with Crippen molar-refractivity contribution in [3.63, 3.8) is 0 Å². The average Bonchev–Trinajstić information content (AvgIpc) is 2.71. The Morgan fingerprint density at radius 2 is 2.05 bits per heavy atom. The summed E-state index contributed by atoms with van der Waals surface area (Å²) >= 11 is 0. The van der Waals surface area contributed by atoms with E-state index >= 15 is 0 Å². The monoisotopic (exact) mass is 310 g/mol. The third-order valence-electron chi connectivity index (χ3n) is 4.74. The summed E-state index contributed by atoms with van der Waals surface area (Å²) in [6, 6.07) is 4.33. The SMILES string of the molecule is CNc1cccnc1S(=O)(=O)N1CCC2CCC(C1)N2C. The topological polar surface area (TPSA) is 65.5 Å². The zero-order valence-electron chi connectivity index (χ0n) is 12.5. The van der Waals surface area contributed by atoms with Gasteiger partial charge in [-0.05, 0) is 38.4 Å². The smallest absolute Gasteiger partial charge is 0.262 e. The number of sulfonamides is 1. The molecule has 0 saturated carbocycles. The molecule has 1 N–H and O–H groups in total. The van der Waals surface area contributed by atoms with Gasteiger partial charge in [0.25, 0.3) is 10.0 Å². The van der Waals surface area contributed by atoms with Gasteiger partial charge < -0.3 is 5.32 Å². The van der Waals surface area contributed by atoms with Crippen molar-refractivity contribution < 1.29 is 8.42 Å². The van der Waals surface area contributed by atoms with Crippen LogP contribution in [0.5, 0.6) is 0 Å². The Hall–Kier alpha value is -1.18. The van der Waals surface area contributed by atoms with Crippen molar-refractivity contribution in [2.75, 3.05) is 32.5 Å². The summed E-state index contributed by atoms with van der Waals surface area (Å²) < 4.78 is 27.4. The van der Waals surface area contributed by atoms with Crippen molar-refractivity contribution in [1.82, 2.24) is 14.2 Å². The van der Waals surface area contributed by atoms with Crippen LogP contribution in [0.15, 0.2) is 23.4 Å². The van der Waals surface area contributed by atoms with Crippen molar-refractivity contribution >= 4 is 15.7 Å². The fourth-order valence-corrected chi connectivity index (χ4v) is 5.01. The summed E-state index contributed by atoms with van der Waals surface area (Å²) in [6.07, 6.45) is 4.69. The van der Waals surface area contributed by atoms with Gasteiger partial charge in [-0.1, -0.05) is 0 Å². The number of aromatic nitrogens is 1. The van der Waals surface area contributed by atoms with Crippen LogP contribution >= 0.6 is 0 Å². The molecule has 2 atom stereocenters. The molecular weight excluding hydrogens is 288 g/mol. The maximum absolute atomic E-state index is 12.9. The van der Waals surface area contributed by atoms with Crippen molar-refractivity contribution in [3.05, 3.63) is 18.3 Å². The number of likely N-dealkylation sites (N-methyl/N-ethyl adjacent to an activating group) is 1. The van der Waals surface area contributed by atoms with Gasteiger partial charge in [-0.15, -0.1) is 0 Å². The van der Waals surface area contributed by atoms with E-state index in [2.05, 4.69) is 22.2 Å². The molecule has 2 bridgehead atoms. The number of hydrogen-bond acceptors (Lipinski definition) is 5. The van der Waals surface area contributed by atoms with Crippen LogP contribution in [0.2, 0.25) is 0 Å². The zero-order valence-corrected chi connectivity index (χ0v) is 13.3. The lowest BCUT2D eigenvalue weighted by atomic mass is 10.1. The molecule has 2 aliphatic rings. The van der Waals surface area contributed by atoms with E-state index in [9.17, 15) is 8.42 Å². The van der Waals surface area contributed by atoms with E-state index in [4.69, 9.17) is 0 Å². The van der Waals surface area contributed by atoms with Crippen LogP contribution in [0.25, 0.3) is 0 Å². The first-order valence-electron chi connectivity index (χ1n) is 7.39. The van der Waals surface area contributed by atoms with Crippen molar-refractivity contribution in [2.45, 2.75) is 36.4 Å². The third-order valence-corrected chi connectivity index (χ3v) is 6.56. The minimum Gasteiger partial charge on any atom is -0.386 e. The van der Waals surface area contributed by atoms with Gasteiger partial charge in [-0.2, -0.15) is 4.31 Å². The van der Waals surface area contributed by atoms with E-state index < -0.39 is 10.0 Å². The third kappa shape index (κ3) is 2.54. The van der Waals surface area contributed by atoms with E-state index in [1.165, 1.54) is 12.6 Å². The highest BCUT2D eigenvalue weighted by atomic mass is 32.2. The second-order valence-electron chi connectivity index (χ2n) is 5.81. The molecule has 1 aromatic rings. The number of hydrogen-bond donors (Lipinski definition) is 1. The van der Waals surface area contributed by atoms with Gasteiger partial charge in [0, 0.05) is 38.4 Å². The lowest BCUT2D eigenvalue weighted by Crippen LogP contribution is -2.40. The average molecular weight is 310 g/mol. The standard InChI is InChI=1S/C14H22N4O2S/c1-15-13-4-3-8-16-14(13)21(19,20)18-9-7-11-5-6-12(10-18)17(11)2/h3-4,8,11-12,15H,5-7,9-10H2,1-2H3. The zero-order chi connectivity index (χ0) is 15.0. The Labute approximate surface area is 126 Å². The van der Waals surface area contributed by atoms with Gasteiger partial charge in [0.1, 0.15) is 0 Å². The molecule has 3 rings (SSSR count). The van der Waals surface area contributed by atoms with Gasteiger partial charge in [0.05, 0.1) is 5.69 Å². The minimum absolute atomic E-state index is 0.132. The van der Waals surface area contributed by atoms with Crippen molar-refractivity contribution in [2.24, 2.45) is 0 Å². The summed E-state index contributed by atoms with van der Waals surface area (Å²) in [4.78, 5) is 6.44. The number of anilines is 1. The van der Waals surface area contributed by atoms with Gasteiger partial charge in [0.2, 0.25) is 0 Å². The number of nitrogens with one attached hydrogen (secondary N) is 1. The maximum atomic E-state index is 12.9. The highest BCUT2D eigenvalue weighted by Gasteiger charge is 2.39. The van der Waals surface area contributed by atoms with Crippen molar-refractivity contribution in [1.29, 1.82) is 0 Å². The summed E-state index contributed by atoms with van der Waals surface area (Å²) in [5.74, 6) is 0. The first-order valence-corrected chi connectivity index (χ1v) is 8.83. The molecule has 6 nitrogen and oxygen atoms in total. The molecule has 0 aromatic carbocycles. The molecule has 7 heteroatoms. The molecule has 2 fully saturated rings. The maximum Gasteiger partial charge on any atom is 0.262 e. The molecule has 2 saturated heterocycles. The van der Waals surface area contributed by atoms with Crippen LogP contribution in [-0.4, -0.2) is 61.9 Å². The van der Waals surface area contributed by atoms with Crippen LogP contribution in [0, 0.1) is 0 Å². The van der Waals surface area contributed by atoms with E-state index in [0.29, 0.717) is 30.9 Å². The largest absolute Gasteiger partial charge is 0.386 e. The first kappa shape index (κ1) is 14.7. The lowest BCUT2D eigenvalue weighted by molar-refractivity contribution is 0.246. The summed E-state index contributed by atoms with van der Waals surface area (Å²) in [7, 11) is 0.285. The second kappa shape index (κ2) is 5.55. The highest BCUT2D eigenvalue weighted by molar-refractivity contribution is 7.89. The van der Waals surface area contributed by atoms with Gasteiger partial charge in [-0.3, -0.25) is 4.90 Å². The summed E-state index contributed by atoms with van der Waals surface area (Å²) in [5, 5.41) is 3.05. The summed E-state index contributed by atoms with van der Waals surface area (Å²) in [5.41, 5.74) is 0.556. The highest BCUT2D eigenvalue weighted by Crippen LogP contribution is 2.31. The molecule has 2 aliphatic heterocycles.